The SMILES string of the molecule is CCc1ccc(-c2nc(C(C)(C)N)no2)cc1. The van der Waals surface area contributed by atoms with E-state index >= 15 is 0 Å². The molecule has 0 fully saturated rings. The average molecular weight is 231 g/mol. The zero-order valence-electron chi connectivity index (χ0n) is 10.4. The van der Waals surface area contributed by atoms with E-state index in [0.717, 1.165) is 12.0 Å². The molecule has 2 N–H and O–H groups in total. The Morgan fingerprint density at radius 3 is 2.35 bits per heavy atom. The van der Waals surface area contributed by atoms with Gasteiger partial charge in [0.05, 0.1) is 5.54 Å². The van der Waals surface area contributed by atoms with Crippen LogP contribution in [0.1, 0.15) is 32.2 Å². The molecule has 4 nitrogen and oxygen atoms in total. The molecule has 0 radical (unpaired) electrons. The maximum atomic E-state index is 5.91. The molecule has 17 heavy (non-hydrogen) atoms. The lowest BCUT2D eigenvalue weighted by Crippen LogP contribution is -2.30. The fraction of sp³-hybridized carbons (Fsp3) is 0.385. The molecule has 0 aliphatic rings. The third-order valence-electron chi connectivity index (χ3n) is 2.61. The first-order valence-corrected chi connectivity index (χ1v) is 5.73. The van der Waals surface area contributed by atoms with Gasteiger partial charge in [0.15, 0.2) is 5.82 Å². The molecular weight excluding hydrogens is 214 g/mol. The van der Waals surface area contributed by atoms with Crippen LogP contribution < -0.4 is 5.73 Å². The highest BCUT2D eigenvalue weighted by Gasteiger charge is 2.21. The summed E-state index contributed by atoms with van der Waals surface area (Å²) in [7, 11) is 0. The molecule has 0 aliphatic carbocycles. The van der Waals surface area contributed by atoms with Gasteiger partial charge in [-0.1, -0.05) is 24.2 Å². The summed E-state index contributed by atoms with van der Waals surface area (Å²) in [4.78, 5) is 4.30. The van der Waals surface area contributed by atoms with Crippen LogP contribution in [0.2, 0.25) is 0 Å². The van der Waals surface area contributed by atoms with Gasteiger partial charge in [0.1, 0.15) is 0 Å². The third kappa shape index (κ3) is 2.53. The van der Waals surface area contributed by atoms with E-state index in [-0.39, 0.29) is 0 Å². The van der Waals surface area contributed by atoms with Gasteiger partial charge in [0, 0.05) is 5.56 Å². The van der Waals surface area contributed by atoms with Crippen LogP contribution in [0.15, 0.2) is 28.8 Å². The zero-order valence-corrected chi connectivity index (χ0v) is 10.4. The fourth-order valence-corrected chi connectivity index (χ4v) is 1.49. The third-order valence-corrected chi connectivity index (χ3v) is 2.61. The monoisotopic (exact) mass is 231 g/mol. The van der Waals surface area contributed by atoms with Crippen molar-refractivity contribution in [3.8, 4) is 11.5 Å². The highest BCUT2D eigenvalue weighted by molar-refractivity contribution is 5.53. The smallest absolute Gasteiger partial charge is 0.257 e. The first-order valence-electron chi connectivity index (χ1n) is 5.73. The average Bonchev–Trinajstić information content (AvgIpc) is 2.78. The summed E-state index contributed by atoms with van der Waals surface area (Å²) >= 11 is 0. The number of hydrogen-bond acceptors (Lipinski definition) is 4. The molecule has 0 unspecified atom stereocenters. The van der Waals surface area contributed by atoms with Crippen LogP contribution in [0.5, 0.6) is 0 Å². The van der Waals surface area contributed by atoms with Gasteiger partial charge in [-0.3, -0.25) is 0 Å². The predicted molar refractivity (Wildman–Crippen MR) is 66.3 cm³/mol. The van der Waals surface area contributed by atoms with Gasteiger partial charge in [0.2, 0.25) is 0 Å². The van der Waals surface area contributed by atoms with Crippen molar-refractivity contribution in [3.63, 3.8) is 0 Å². The van der Waals surface area contributed by atoms with Gasteiger partial charge in [-0.05, 0) is 38.0 Å². The van der Waals surface area contributed by atoms with E-state index in [1.165, 1.54) is 5.56 Å². The number of hydrogen-bond donors (Lipinski definition) is 1. The van der Waals surface area contributed by atoms with Crippen LogP contribution in [0.4, 0.5) is 0 Å². The fourth-order valence-electron chi connectivity index (χ4n) is 1.49. The second-order valence-electron chi connectivity index (χ2n) is 4.70. The van der Waals surface area contributed by atoms with Crippen molar-refractivity contribution < 1.29 is 4.52 Å². The molecule has 0 aliphatic heterocycles. The molecule has 1 heterocycles. The molecule has 0 saturated heterocycles. The summed E-state index contributed by atoms with van der Waals surface area (Å²) in [6.07, 6.45) is 1.02. The molecule has 0 spiro atoms. The van der Waals surface area contributed by atoms with Crippen LogP contribution in [0.25, 0.3) is 11.5 Å². The predicted octanol–water partition coefficient (Wildman–Crippen LogP) is 2.49. The number of aryl methyl sites for hydroxylation is 1. The molecule has 1 aromatic heterocycles. The van der Waals surface area contributed by atoms with Crippen LogP contribution in [0.3, 0.4) is 0 Å². The van der Waals surface area contributed by atoms with Gasteiger partial charge in [-0.25, -0.2) is 0 Å². The largest absolute Gasteiger partial charge is 0.334 e. The van der Waals surface area contributed by atoms with E-state index in [1.807, 2.05) is 26.0 Å². The molecular formula is C13H17N3O. The normalized spacial score (nSPS) is 11.8. The summed E-state index contributed by atoms with van der Waals surface area (Å²) in [5.74, 6) is 1.04. The summed E-state index contributed by atoms with van der Waals surface area (Å²) in [5.41, 5.74) is 7.54. The quantitative estimate of drug-likeness (QED) is 0.881. The van der Waals surface area contributed by atoms with Gasteiger partial charge in [-0.15, -0.1) is 0 Å². The summed E-state index contributed by atoms with van der Waals surface area (Å²) in [6.45, 7) is 5.82. The number of benzene rings is 1. The molecule has 0 atom stereocenters. The number of nitrogens with zero attached hydrogens (tertiary/aromatic N) is 2. The van der Waals surface area contributed by atoms with Crippen molar-refractivity contribution in [2.45, 2.75) is 32.7 Å². The van der Waals surface area contributed by atoms with Crippen LogP contribution >= 0.6 is 0 Å². The Morgan fingerprint density at radius 1 is 1.24 bits per heavy atom. The lowest BCUT2D eigenvalue weighted by Gasteiger charge is -2.11. The van der Waals surface area contributed by atoms with Gasteiger partial charge < -0.3 is 10.3 Å². The van der Waals surface area contributed by atoms with E-state index in [4.69, 9.17) is 10.3 Å². The van der Waals surface area contributed by atoms with Crippen molar-refractivity contribution in [2.24, 2.45) is 5.73 Å². The minimum absolute atomic E-state index is 0.515. The highest BCUT2D eigenvalue weighted by atomic mass is 16.5. The zero-order chi connectivity index (χ0) is 12.5. The van der Waals surface area contributed by atoms with Crippen molar-refractivity contribution in [2.75, 3.05) is 0 Å². The Kier molecular flexibility index (Phi) is 2.98. The Morgan fingerprint density at radius 2 is 1.88 bits per heavy atom. The van der Waals surface area contributed by atoms with Gasteiger partial charge in [-0.2, -0.15) is 4.98 Å². The van der Waals surface area contributed by atoms with E-state index in [1.54, 1.807) is 0 Å². The maximum absolute atomic E-state index is 5.91. The van der Waals surface area contributed by atoms with Crippen LogP contribution in [0, 0.1) is 0 Å². The number of aromatic nitrogens is 2. The molecule has 2 aromatic rings. The summed E-state index contributed by atoms with van der Waals surface area (Å²) in [5, 5.41) is 3.90. The second-order valence-corrected chi connectivity index (χ2v) is 4.70. The Hall–Kier alpha value is -1.68. The number of rotatable bonds is 3. The van der Waals surface area contributed by atoms with E-state index in [9.17, 15) is 0 Å². The minimum Gasteiger partial charge on any atom is -0.334 e. The topological polar surface area (TPSA) is 64.9 Å². The van der Waals surface area contributed by atoms with E-state index in [2.05, 4.69) is 29.2 Å². The molecule has 0 saturated carbocycles. The molecule has 1 aromatic carbocycles. The van der Waals surface area contributed by atoms with Crippen molar-refractivity contribution in [1.29, 1.82) is 0 Å². The van der Waals surface area contributed by atoms with Crippen molar-refractivity contribution in [3.05, 3.63) is 35.7 Å². The van der Waals surface area contributed by atoms with E-state index < -0.39 is 5.54 Å². The first-order chi connectivity index (χ1) is 8.00. The molecule has 90 valence electrons. The highest BCUT2D eigenvalue weighted by Crippen LogP contribution is 2.21. The van der Waals surface area contributed by atoms with Crippen LogP contribution in [-0.4, -0.2) is 10.1 Å². The molecule has 0 bridgehead atoms. The maximum Gasteiger partial charge on any atom is 0.257 e. The molecule has 4 heteroatoms. The molecule has 2 rings (SSSR count). The molecule has 0 amide bonds. The number of nitrogens with two attached hydrogens (primary N) is 1. The van der Waals surface area contributed by atoms with Gasteiger partial charge in [0.25, 0.3) is 5.89 Å². The van der Waals surface area contributed by atoms with Crippen LogP contribution in [-0.2, 0) is 12.0 Å². The first kappa shape index (κ1) is 11.8. The second kappa shape index (κ2) is 4.30. The summed E-state index contributed by atoms with van der Waals surface area (Å²) in [6, 6.07) is 8.10. The van der Waals surface area contributed by atoms with E-state index in [0.29, 0.717) is 11.7 Å². The lowest BCUT2D eigenvalue weighted by atomic mass is 10.1. The Bertz CT molecular complexity index is 494. The minimum atomic E-state index is -0.578. The summed E-state index contributed by atoms with van der Waals surface area (Å²) < 4.78 is 5.21. The van der Waals surface area contributed by atoms with Crippen molar-refractivity contribution in [1.82, 2.24) is 10.1 Å². The lowest BCUT2D eigenvalue weighted by molar-refractivity contribution is 0.397. The van der Waals surface area contributed by atoms with Gasteiger partial charge >= 0.3 is 0 Å². The standard InChI is InChI=1S/C13H17N3O/c1-4-9-5-7-10(8-6-9)11-15-12(16-17-11)13(2,3)14/h5-8H,4,14H2,1-3H3. The Labute approximate surface area is 101 Å². The Balaban J connectivity index is 2.30. The van der Waals surface area contributed by atoms with Crippen molar-refractivity contribution >= 4 is 0 Å².